The Balaban J connectivity index is 3.05. The van der Waals surface area contributed by atoms with Crippen molar-refractivity contribution in [2.75, 3.05) is 6.54 Å². The summed E-state index contributed by atoms with van der Waals surface area (Å²) in [7, 11) is 0. The standard InChI is InChI=1S/C8H8ClF2N/c9-6-4-8(11)7(10)3-5(6)1-2-12/h3-4H,1-2,12H2. The molecule has 1 aromatic carbocycles. The van der Waals surface area contributed by atoms with Crippen LogP contribution in [0, 0.1) is 11.6 Å². The summed E-state index contributed by atoms with van der Waals surface area (Å²) in [6.07, 6.45) is 0.454. The van der Waals surface area contributed by atoms with Gasteiger partial charge < -0.3 is 5.73 Å². The van der Waals surface area contributed by atoms with Gasteiger partial charge in [-0.25, -0.2) is 8.78 Å². The van der Waals surface area contributed by atoms with E-state index in [4.69, 9.17) is 17.3 Å². The van der Waals surface area contributed by atoms with E-state index >= 15 is 0 Å². The summed E-state index contributed by atoms with van der Waals surface area (Å²) in [5.74, 6) is -1.82. The van der Waals surface area contributed by atoms with Crippen LogP contribution in [-0.4, -0.2) is 6.54 Å². The summed E-state index contributed by atoms with van der Waals surface area (Å²) < 4.78 is 25.1. The first-order valence-electron chi connectivity index (χ1n) is 3.48. The van der Waals surface area contributed by atoms with Gasteiger partial charge in [0, 0.05) is 5.02 Å². The zero-order chi connectivity index (χ0) is 9.14. The maximum atomic E-state index is 12.6. The number of nitrogens with two attached hydrogens (primary N) is 1. The average molecular weight is 192 g/mol. The summed E-state index contributed by atoms with van der Waals surface area (Å²) >= 11 is 5.62. The molecule has 66 valence electrons. The van der Waals surface area contributed by atoms with Gasteiger partial charge in [-0.2, -0.15) is 0 Å². The Hall–Kier alpha value is -0.670. The van der Waals surface area contributed by atoms with Crippen molar-refractivity contribution in [3.8, 4) is 0 Å². The van der Waals surface area contributed by atoms with Gasteiger partial charge in [-0.3, -0.25) is 0 Å². The van der Waals surface area contributed by atoms with Crippen molar-refractivity contribution >= 4 is 11.6 Å². The molecule has 0 aromatic heterocycles. The van der Waals surface area contributed by atoms with Gasteiger partial charge in [-0.15, -0.1) is 0 Å². The molecule has 0 unspecified atom stereocenters. The number of hydrogen-bond acceptors (Lipinski definition) is 1. The van der Waals surface area contributed by atoms with Crippen LogP contribution in [0.5, 0.6) is 0 Å². The first-order valence-corrected chi connectivity index (χ1v) is 3.86. The second-order valence-corrected chi connectivity index (χ2v) is 2.80. The third-order valence-corrected chi connectivity index (χ3v) is 1.85. The molecule has 4 heteroatoms. The van der Waals surface area contributed by atoms with E-state index in [0.717, 1.165) is 12.1 Å². The van der Waals surface area contributed by atoms with Crippen molar-refractivity contribution < 1.29 is 8.78 Å². The number of hydrogen-bond donors (Lipinski definition) is 1. The van der Waals surface area contributed by atoms with E-state index in [1.165, 1.54) is 0 Å². The Morgan fingerprint density at radius 2 is 1.83 bits per heavy atom. The van der Waals surface area contributed by atoms with Crippen molar-refractivity contribution in [3.05, 3.63) is 34.4 Å². The smallest absolute Gasteiger partial charge is 0.160 e. The van der Waals surface area contributed by atoms with Crippen LogP contribution in [0.2, 0.25) is 5.02 Å². The molecular weight excluding hydrogens is 184 g/mol. The minimum Gasteiger partial charge on any atom is -0.330 e. The van der Waals surface area contributed by atoms with Crippen LogP contribution in [0.1, 0.15) is 5.56 Å². The van der Waals surface area contributed by atoms with E-state index in [1.807, 2.05) is 0 Å². The van der Waals surface area contributed by atoms with Gasteiger partial charge in [0.05, 0.1) is 0 Å². The van der Waals surface area contributed by atoms with Crippen molar-refractivity contribution in [2.24, 2.45) is 5.73 Å². The maximum absolute atomic E-state index is 12.6. The SMILES string of the molecule is NCCc1cc(F)c(F)cc1Cl. The van der Waals surface area contributed by atoms with E-state index in [0.29, 0.717) is 18.5 Å². The molecule has 0 aliphatic rings. The minimum atomic E-state index is -0.930. The van der Waals surface area contributed by atoms with Gasteiger partial charge in [-0.05, 0) is 30.7 Å². The zero-order valence-corrected chi connectivity index (χ0v) is 7.04. The van der Waals surface area contributed by atoms with Gasteiger partial charge in [0.15, 0.2) is 11.6 Å². The van der Waals surface area contributed by atoms with E-state index in [2.05, 4.69) is 0 Å². The topological polar surface area (TPSA) is 26.0 Å². The van der Waals surface area contributed by atoms with Crippen LogP contribution >= 0.6 is 11.6 Å². The van der Waals surface area contributed by atoms with Gasteiger partial charge in [-0.1, -0.05) is 11.6 Å². The Morgan fingerprint density at radius 3 is 2.42 bits per heavy atom. The largest absolute Gasteiger partial charge is 0.330 e. The zero-order valence-electron chi connectivity index (χ0n) is 6.28. The molecule has 12 heavy (non-hydrogen) atoms. The van der Waals surface area contributed by atoms with Crippen LogP contribution < -0.4 is 5.73 Å². The maximum Gasteiger partial charge on any atom is 0.160 e. The fourth-order valence-electron chi connectivity index (χ4n) is 0.911. The summed E-state index contributed by atoms with van der Waals surface area (Å²) in [4.78, 5) is 0. The molecule has 0 spiro atoms. The van der Waals surface area contributed by atoms with Gasteiger partial charge in [0.25, 0.3) is 0 Å². The van der Waals surface area contributed by atoms with Crippen LogP contribution in [0.15, 0.2) is 12.1 Å². The molecule has 1 aromatic rings. The van der Waals surface area contributed by atoms with Gasteiger partial charge in [0.2, 0.25) is 0 Å². The Bertz CT molecular complexity index is 289. The van der Waals surface area contributed by atoms with Crippen molar-refractivity contribution in [3.63, 3.8) is 0 Å². The Kier molecular flexibility index (Phi) is 3.00. The van der Waals surface area contributed by atoms with E-state index in [-0.39, 0.29) is 5.02 Å². The molecule has 0 atom stereocenters. The average Bonchev–Trinajstić information content (AvgIpc) is 2.01. The molecule has 0 saturated carbocycles. The molecule has 0 saturated heterocycles. The lowest BCUT2D eigenvalue weighted by molar-refractivity contribution is 0.507. The molecule has 1 rings (SSSR count). The molecule has 0 heterocycles. The normalized spacial score (nSPS) is 10.3. The lowest BCUT2D eigenvalue weighted by Gasteiger charge is -2.02. The highest BCUT2D eigenvalue weighted by molar-refractivity contribution is 6.31. The molecule has 1 nitrogen and oxygen atoms in total. The van der Waals surface area contributed by atoms with Crippen LogP contribution in [0.3, 0.4) is 0 Å². The molecule has 0 amide bonds. The fourth-order valence-corrected chi connectivity index (χ4v) is 1.16. The molecule has 0 radical (unpaired) electrons. The summed E-state index contributed by atoms with van der Waals surface area (Å²) in [6, 6.07) is 2.03. The van der Waals surface area contributed by atoms with E-state index < -0.39 is 11.6 Å². The van der Waals surface area contributed by atoms with Crippen LogP contribution in [0.4, 0.5) is 8.78 Å². The third kappa shape index (κ3) is 1.93. The quantitative estimate of drug-likeness (QED) is 0.712. The van der Waals surface area contributed by atoms with Gasteiger partial charge >= 0.3 is 0 Å². The van der Waals surface area contributed by atoms with E-state index in [1.54, 1.807) is 0 Å². The van der Waals surface area contributed by atoms with Crippen molar-refractivity contribution in [1.82, 2.24) is 0 Å². The Morgan fingerprint density at radius 1 is 1.25 bits per heavy atom. The second kappa shape index (κ2) is 3.83. The van der Waals surface area contributed by atoms with Crippen LogP contribution in [0.25, 0.3) is 0 Å². The lowest BCUT2D eigenvalue weighted by atomic mass is 10.1. The molecule has 0 aliphatic carbocycles. The monoisotopic (exact) mass is 191 g/mol. The first kappa shape index (κ1) is 9.42. The van der Waals surface area contributed by atoms with Crippen molar-refractivity contribution in [2.45, 2.75) is 6.42 Å². The van der Waals surface area contributed by atoms with E-state index in [9.17, 15) is 8.78 Å². The Labute approximate surface area is 74.1 Å². The van der Waals surface area contributed by atoms with Crippen LogP contribution in [-0.2, 0) is 6.42 Å². The minimum absolute atomic E-state index is 0.222. The summed E-state index contributed by atoms with van der Waals surface area (Å²) in [5, 5.41) is 0.222. The molecular formula is C8H8ClF2N. The summed E-state index contributed by atoms with van der Waals surface area (Å²) in [5.41, 5.74) is 5.78. The van der Waals surface area contributed by atoms with Crippen molar-refractivity contribution in [1.29, 1.82) is 0 Å². The highest BCUT2D eigenvalue weighted by Gasteiger charge is 2.06. The van der Waals surface area contributed by atoms with Gasteiger partial charge in [0.1, 0.15) is 0 Å². The third-order valence-electron chi connectivity index (χ3n) is 1.50. The number of halogens is 3. The molecule has 0 aliphatic heterocycles. The fraction of sp³-hybridized carbons (Fsp3) is 0.250. The second-order valence-electron chi connectivity index (χ2n) is 2.40. The summed E-state index contributed by atoms with van der Waals surface area (Å²) in [6.45, 7) is 0.366. The number of benzene rings is 1. The highest BCUT2D eigenvalue weighted by Crippen LogP contribution is 2.19. The molecule has 0 bridgehead atoms. The predicted molar refractivity (Wildman–Crippen MR) is 44.1 cm³/mol. The highest BCUT2D eigenvalue weighted by atomic mass is 35.5. The molecule has 0 fully saturated rings. The lowest BCUT2D eigenvalue weighted by Crippen LogP contribution is -2.04. The molecule has 2 N–H and O–H groups in total. The number of rotatable bonds is 2. The first-order chi connectivity index (χ1) is 5.65. The predicted octanol–water partition coefficient (Wildman–Crippen LogP) is 2.12.